The van der Waals surface area contributed by atoms with Crippen molar-refractivity contribution in [2.75, 3.05) is 13.2 Å². The van der Waals surface area contributed by atoms with Gasteiger partial charge in [0.25, 0.3) is 0 Å². The van der Waals surface area contributed by atoms with Crippen LogP contribution in [0.2, 0.25) is 36.3 Å². The van der Waals surface area contributed by atoms with Gasteiger partial charge in [0, 0.05) is 0 Å². The lowest BCUT2D eigenvalue weighted by Crippen LogP contribution is -2.40. The average Bonchev–Trinajstić information content (AvgIpc) is 2.83. The van der Waals surface area contributed by atoms with E-state index in [-0.39, 0.29) is 10.1 Å². The first-order chi connectivity index (χ1) is 17.6. The maximum atomic E-state index is 6.31. The fourth-order valence-corrected chi connectivity index (χ4v) is 4.97. The topological polar surface area (TPSA) is 36.9 Å². The average molecular weight is 557 g/mol. The lowest BCUT2D eigenvalue weighted by atomic mass is 10.1. The molecule has 0 atom stereocenters. The summed E-state index contributed by atoms with van der Waals surface area (Å²) in [5.41, 5.74) is 4.77. The fraction of sp³-hybridized carbons (Fsp3) is 0.562. The van der Waals surface area contributed by atoms with Gasteiger partial charge in [-0.3, -0.25) is 0 Å². The second-order valence-electron chi connectivity index (χ2n) is 13.2. The molecule has 6 heteroatoms. The van der Waals surface area contributed by atoms with E-state index >= 15 is 0 Å². The Labute approximate surface area is 235 Å². The summed E-state index contributed by atoms with van der Waals surface area (Å²) in [6, 6.07) is 17.1. The molecule has 0 fully saturated rings. The van der Waals surface area contributed by atoms with Crippen molar-refractivity contribution >= 4 is 16.6 Å². The van der Waals surface area contributed by atoms with E-state index in [1.165, 1.54) is 22.3 Å². The Balaban J connectivity index is 1.61. The van der Waals surface area contributed by atoms with Crippen molar-refractivity contribution in [3.63, 3.8) is 0 Å². The lowest BCUT2D eigenvalue weighted by Gasteiger charge is -2.36. The second kappa shape index (κ2) is 14.2. The predicted molar refractivity (Wildman–Crippen MR) is 165 cm³/mol. The molecule has 0 radical (unpaired) electrons. The lowest BCUT2D eigenvalue weighted by molar-refractivity contribution is 0.140. The van der Waals surface area contributed by atoms with Gasteiger partial charge in [-0.25, -0.2) is 0 Å². The maximum Gasteiger partial charge on any atom is 0.192 e. The highest BCUT2D eigenvalue weighted by molar-refractivity contribution is 6.74. The van der Waals surface area contributed by atoms with Gasteiger partial charge in [-0.1, -0.05) is 102 Å². The third kappa shape index (κ3) is 10.9. The first-order valence-electron chi connectivity index (χ1n) is 13.8. The van der Waals surface area contributed by atoms with Crippen molar-refractivity contribution < 1.29 is 18.3 Å². The minimum Gasteiger partial charge on any atom is -0.413 e. The van der Waals surface area contributed by atoms with Gasteiger partial charge >= 0.3 is 0 Å². The van der Waals surface area contributed by atoms with Gasteiger partial charge in [0.1, 0.15) is 0 Å². The molecule has 0 spiro atoms. The van der Waals surface area contributed by atoms with E-state index in [0.29, 0.717) is 39.6 Å². The van der Waals surface area contributed by atoms with Crippen LogP contribution in [0.15, 0.2) is 60.7 Å². The SMILES string of the molecule is CC(C)(C)[Si](C)(C)OCc1ccc(COCC=CCOCc2ccc(CO[Si](C)(C)C(C)(C)C)cc2)cc1. The highest BCUT2D eigenvalue weighted by Crippen LogP contribution is 2.38. The van der Waals surface area contributed by atoms with Crippen LogP contribution < -0.4 is 0 Å². The van der Waals surface area contributed by atoms with Crippen LogP contribution in [0.3, 0.4) is 0 Å². The fourth-order valence-electron chi connectivity index (χ4n) is 3.05. The maximum absolute atomic E-state index is 6.31. The second-order valence-corrected chi connectivity index (χ2v) is 22.9. The molecule has 38 heavy (non-hydrogen) atoms. The largest absolute Gasteiger partial charge is 0.413 e. The summed E-state index contributed by atoms with van der Waals surface area (Å²) in [6.07, 6.45) is 4.03. The molecule has 0 N–H and O–H groups in total. The Morgan fingerprint density at radius 1 is 0.500 bits per heavy atom. The molecule has 0 aliphatic rings. The molecule has 0 amide bonds. The first kappa shape index (κ1) is 32.7. The van der Waals surface area contributed by atoms with Gasteiger partial charge in [0.15, 0.2) is 16.6 Å². The van der Waals surface area contributed by atoms with Crippen LogP contribution in [0, 0.1) is 0 Å². The highest BCUT2D eigenvalue weighted by Gasteiger charge is 2.37. The normalized spacial score (nSPS) is 13.4. The Morgan fingerprint density at radius 2 is 0.763 bits per heavy atom. The number of benzene rings is 2. The molecule has 2 aromatic carbocycles. The van der Waals surface area contributed by atoms with Crippen molar-refractivity contribution in [3.8, 4) is 0 Å². The minimum atomic E-state index is -1.72. The third-order valence-electron chi connectivity index (χ3n) is 7.99. The highest BCUT2D eigenvalue weighted by atomic mass is 28.4. The van der Waals surface area contributed by atoms with Gasteiger partial charge < -0.3 is 18.3 Å². The van der Waals surface area contributed by atoms with Crippen molar-refractivity contribution in [2.24, 2.45) is 0 Å². The third-order valence-corrected chi connectivity index (χ3v) is 16.9. The summed E-state index contributed by atoms with van der Waals surface area (Å²) < 4.78 is 24.2. The molecule has 4 nitrogen and oxygen atoms in total. The van der Waals surface area contributed by atoms with Gasteiger partial charge in [-0.2, -0.15) is 0 Å². The summed E-state index contributed by atoms with van der Waals surface area (Å²) in [7, 11) is -3.45. The Bertz CT molecular complexity index is 901. The summed E-state index contributed by atoms with van der Waals surface area (Å²) in [5, 5.41) is 0.455. The molecular formula is C32H52O4Si2. The van der Waals surface area contributed by atoms with E-state index in [1.807, 2.05) is 12.2 Å². The van der Waals surface area contributed by atoms with Crippen LogP contribution in [-0.2, 0) is 44.8 Å². The van der Waals surface area contributed by atoms with Gasteiger partial charge in [-0.15, -0.1) is 0 Å². The first-order valence-corrected chi connectivity index (χ1v) is 19.7. The van der Waals surface area contributed by atoms with Gasteiger partial charge in [0.2, 0.25) is 0 Å². The molecule has 0 saturated heterocycles. The Kier molecular flexibility index (Phi) is 12.2. The summed E-state index contributed by atoms with van der Waals surface area (Å²) in [5.74, 6) is 0. The molecular weight excluding hydrogens is 505 g/mol. The standard InChI is InChI=1S/C32H52O4Si2/c1-31(2,3)37(7,8)35-25-29-17-13-27(14-18-29)23-33-21-11-12-22-34-24-28-15-19-30(20-16-28)26-36-38(9,10)32(4,5)6/h11-20H,21-26H2,1-10H3. The summed E-state index contributed by atoms with van der Waals surface area (Å²) >= 11 is 0. The molecule has 0 bridgehead atoms. The Morgan fingerprint density at radius 3 is 1.03 bits per heavy atom. The molecule has 2 aromatic rings. The molecule has 0 unspecified atom stereocenters. The molecule has 0 aliphatic carbocycles. The smallest absolute Gasteiger partial charge is 0.192 e. The van der Waals surface area contributed by atoms with Crippen LogP contribution in [-0.4, -0.2) is 29.8 Å². The van der Waals surface area contributed by atoms with Gasteiger partial charge in [0.05, 0.1) is 39.6 Å². The van der Waals surface area contributed by atoms with Crippen LogP contribution in [0.25, 0.3) is 0 Å². The van der Waals surface area contributed by atoms with E-state index in [9.17, 15) is 0 Å². The zero-order valence-electron chi connectivity index (χ0n) is 25.6. The number of rotatable bonds is 14. The molecule has 0 aromatic heterocycles. The van der Waals surface area contributed by atoms with E-state index < -0.39 is 16.6 Å². The van der Waals surface area contributed by atoms with Crippen molar-refractivity contribution in [1.82, 2.24) is 0 Å². The monoisotopic (exact) mass is 556 g/mol. The van der Waals surface area contributed by atoms with E-state index in [2.05, 4.69) is 116 Å². The van der Waals surface area contributed by atoms with Crippen LogP contribution in [0.4, 0.5) is 0 Å². The van der Waals surface area contributed by atoms with E-state index in [4.69, 9.17) is 18.3 Å². The van der Waals surface area contributed by atoms with Crippen molar-refractivity contribution in [1.29, 1.82) is 0 Å². The summed E-state index contributed by atoms with van der Waals surface area (Å²) in [4.78, 5) is 0. The Hall–Kier alpha value is -1.55. The van der Waals surface area contributed by atoms with Crippen molar-refractivity contribution in [3.05, 3.63) is 82.9 Å². The van der Waals surface area contributed by atoms with Crippen LogP contribution >= 0.6 is 0 Å². The van der Waals surface area contributed by atoms with Crippen molar-refractivity contribution in [2.45, 2.75) is 104 Å². The zero-order chi connectivity index (χ0) is 28.5. The van der Waals surface area contributed by atoms with E-state index in [0.717, 1.165) is 0 Å². The quantitative estimate of drug-likeness (QED) is 0.132. The molecule has 2 rings (SSSR count). The predicted octanol–water partition coefficient (Wildman–Crippen LogP) is 9.02. The molecule has 0 heterocycles. The molecule has 212 valence electrons. The van der Waals surface area contributed by atoms with E-state index in [1.54, 1.807) is 0 Å². The number of ether oxygens (including phenoxy) is 2. The van der Waals surface area contributed by atoms with Gasteiger partial charge in [-0.05, 0) is 58.5 Å². The number of hydrogen-bond acceptors (Lipinski definition) is 4. The van der Waals surface area contributed by atoms with Crippen LogP contribution in [0.5, 0.6) is 0 Å². The molecule has 0 aliphatic heterocycles. The zero-order valence-corrected chi connectivity index (χ0v) is 27.6. The number of hydrogen-bond donors (Lipinski definition) is 0. The summed E-state index contributed by atoms with van der Waals surface area (Å²) in [6.45, 7) is 26.5. The van der Waals surface area contributed by atoms with Crippen LogP contribution in [0.1, 0.15) is 63.8 Å². The molecule has 0 saturated carbocycles. The minimum absolute atomic E-state index is 0.227.